The first-order chi connectivity index (χ1) is 16.3. The van der Waals surface area contributed by atoms with Gasteiger partial charge in [0.25, 0.3) is 0 Å². The number of methoxy groups -OCH3 is 1. The second kappa shape index (κ2) is 12.1. The van der Waals surface area contributed by atoms with Crippen LogP contribution in [0.4, 0.5) is 5.69 Å². The van der Waals surface area contributed by atoms with Crippen LogP contribution in [0.15, 0.2) is 48.5 Å². The van der Waals surface area contributed by atoms with Gasteiger partial charge >= 0.3 is 0 Å². The van der Waals surface area contributed by atoms with E-state index in [0.29, 0.717) is 12.7 Å². The Morgan fingerprint density at radius 2 is 1.64 bits per heavy atom. The molecule has 1 aromatic heterocycles. The number of aromatic nitrogens is 3. The lowest BCUT2D eigenvalue weighted by atomic mass is 9.95. The number of nitrogens with zero attached hydrogens (tertiary/aromatic N) is 4. The normalized spacial score (nSPS) is 12.7. The van der Waals surface area contributed by atoms with Crippen LogP contribution >= 0.6 is 8.46 Å². The average Bonchev–Trinajstić information content (AvgIpc) is 3.26. The molecule has 0 atom stereocenters. The van der Waals surface area contributed by atoms with Gasteiger partial charge in [0.15, 0.2) is 8.46 Å². The van der Waals surface area contributed by atoms with Crippen molar-refractivity contribution in [3.8, 4) is 22.5 Å². The van der Waals surface area contributed by atoms with E-state index in [0.717, 1.165) is 48.6 Å². The summed E-state index contributed by atoms with van der Waals surface area (Å²) in [6, 6.07) is 17.1. The quantitative estimate of drug-likeness (QED) is 0.236. The van der Waals surface area contributed by atoms with Gasteiger partial charge in [0, 0.05) is 49.8 Å². The van der Waals surface area contributed by atoms with E-state index in [1.54, 1.807) is 7.11 Å². The second-order valence-corrected chi connectivity index (χ2v) is 9.28. The van der Waals surface area contributed by atoms with Crippen LogP contribution in [0.25, 0.3) is 22.5 Å². The SMILES string of the molecule is COCCCCCCCCN1Cc2ccccc2-c2nnn(CCP=O)c2-c2ccccc21. The van der Waals surface area contributed by atoms with Crippen LogP contribution in [0.3, 0.4) is 0 Å². The molecule has 6 nitrogen and oxygen atoms in total. The lowest BCUT2D eigenvalue weighted by Crippen LogP contribution is -2.26. The van der Waals surface area contributed by atoms with Crippen LogP contribution in [-0.4, -0.2) is 41.4 Å². The maximum Gasteiger partial charge on any atom is 0.157 e. The summed E-state index contributed by atoms with van der Waals surface area (Å²) in [5, 5.41) is 9.03. The third-order valence-electron chi connectivity index (χ3n) is 6.30. The highest BCUT2D eigenvalue weighted by molar-refractivity contribution is 7.23. The predicted octanol–water partition coefficient (Wildman–Crippen LogP) is 6.21. The Balaban J connectivity index is 1.59. The summed E-state index contributed by atoms with van der Waals surface area (Å²) < 4.78 is 18.2. The molecule has 174 valence electrons. The second-order valence-electron chi connectivity index (χ2n) is 8.57. The van der Waals surface area contributed by atoms with Gasteiger partial charge in [0.05, 0.1) is 12.2 Å². The maximum absolute atomic E-state index is 11.2. The average molecular weight is 465 g/mol. The van der Waals surface area contributed by atoms with Gasteiger partial charge in [-0.05, 0) is 24.5 Å². The molecule has 0 fully saturated rings. The topological polar surface area (TPSA) is 60.2 Å². The highest BCUT2D eigenvalue weighted by atomic mass is 31.1. The lowest BCUT2D eigenvalue weighted by Gasteiger charge is -2.30. The molecule has 0 saturated heterocycles. The first-order valence-electron chi connectivity index (χ1n) is 12.0. The molecule has 0 aliphatic carbocycles. The van der Waals surface area contributed by atoms with Gasteiger partial charge < -0.3 is 9.64 Å². The molecule has 0 saturated carbocycles. The fourth-order valence-corrected chi connectivity index (χ4v) is 4.91. The van der Waals surface area contributed by atoms with Crippen LogP contribution in [-0.2, 0) is 22.4 Å². The van der Waals surface area contributed by atoms with E-state index in [-0.39, 0.29) is 8.46 Å². The summed E-state index contributed by atoms with van der Waals surface area (Å²) in [5.41, 5.74) is 6.70. The van der Waals surface area contributed by atoms with Crippen LogP contribution in [0, 0.1) is 0 Å². The summed E-state index contributed by atoms with van der Waals surface area (Å²) in [7, 11) is 1.90. The first kappa shape index (κ1) is 23.6. The highest BCUT2D eigenvalue weighted by Crippen LogP contribution is 2.41. The van der Waals surface area contributed by atoms with Crippen molar-refractivity contribution in [1.29, 1.82) is 0 Å². The number of hydrogen-bond acceptors (Lipinski definition) is 5. The molecule has 1 aliphatic rings. The minimum Gasteiger partial charge on any atom is -0.385 e. The summed E-state index contributed by atoms with van der Waals surface area (Å²) in [6.07, 6.45) is 7.87. The monoisotopic (exact) mass is 464 g/mol. The maximum atomic E-state index is 11.2. The molecule has 2 aromatic carbocycles. The predicted molar refractivity (Wildman–Crippen MR) is 134 cm³/mol. The fourth-order valence-electron chi connectivity index (χ4n) is 4.64. The largest absolute Gasteiger partial charge is 0.385 e. The Labute approximate surface area is 198 Å². The fraction of sp³-hybridized carbons (Fsp3) is 0.462. The zero-order valence-corrected chi connectivity index (χ0v) is 20.3. The Kier molecular flexibility index (Phi) is 8.62. The van der Waals surface area contributed by atoms with Crippen LogP contribution in [0.5, 0.6) is 0 Å². The van der Waals surface area contributed by atoms with E-state index in [1.807, 2.05) is 4.68 Å². The number of benzene rings is 2. The van der Waals surface area contributed by atoms with E-state index in [1.165, 1.54) is 43.4 Å². The number of para-hydroxylation sites is 1. The standard InChI is InChI=1S/C26H33N4O2P/c1-32-18-11-5-3-2-4-10-16-29-20-21-12-6-7-13-22(21)25-26(23-14-8-9-15-24(23)29)30(28-27-25)17-19-33-31/h6-9,12-15H,2-5,10-11,16-20H2,1H3. The first-order valence-corrected chi connectivity index (χ1v) is 13.0. The highest BCUT2D eigenvalue weighted by Gasteiger charge is 2.26. The molecule has 2 heterocycles. The molecule has 0 spiro atoms. The Hall–Kier alpha value is -2.56. The van der Waals surface area contributed by atoms with Crippen LogP contribution in [0.2, 0.25) is 0 Å². The molecule has 7 heteroatoms. The smallest absolute Gasteiger partial charge is 0.157 e. The van der Waals surface area contributed by atoms with E-state index < -0.39 is 0 Å². The van der Waals surface area contributed by atoms with E-state index in [9.17, 15) is 4.57 Å². The number of aryl methyl sites for hydroxylation is 1. The molecule has 0 bridgehead atoms. The van der Waals surface area contributed by atoms with Crippen molar-refractivity contribution in [1.82, 2.24) is 15.0 Å². The van der Waals surface area contributed by atoms with E-state index >= 15 is 0 Å². The Bertz CT molecular complexity index is 1050. The van der Waals surface area contributed by atoms with Crippen molar-refractivity contribution in [2.24, 2.45) is 0 Å². The minimum atomic E-state index is 0.127. The number of fused-ring (bicyclic) bond motifs is 5. The van der Waals surface area contributed by atoms with Gasteiger partial charge in [-0.25, -0.2) is 4.68 Å². The zero-order chi connectivity index (χ0) is 22.9. The van der Waals surface area contributed by atoms with Crippen molar-refractivity contribution < 1.29 is 9.30 Å². The number of ether oxygens (including phenoxy) is 1. The van der Waals surface area contributed by atoms with Crippen molar-refractivity contribution >= 4 is 14.1 Å². The summed E-state index contributed by atoms with van der Waals surface area (Å²) in [6.45, 7) is 3.31. The number of anilines is 1. The molecule has 0 unspecified atom stereocenters. The summed E-state index contributed by atoms with van der Waals surface area (Å²) in [4.78, 5) is 2.51. The third-order valence-corrected chi connectivity index (χ3v) is 6.68. The number of hydrogen-bond donors (Lipinski definition) is 0. The van der Waals surface area contributed by atoms with Gasteiger partial charge in [-0.1, -0.05) is 73.4 Å². The van der Waals surface area contributed by atoms with Crippen molar-refractivity contribution in [2.75, 3.05) is 31.3 Å². The molecule has 4 rings (SSSR count). The van der Waals surface area contributed by atoms with E-state index in [4.69, 9.17) is 4.74 Å². The third kappa shape index (κ3) is 5.69. The van der Waals surface area contributed by atoms with Crippen LogP contribution in [0.1, 0.15) is 44.1 Å². The molecule has 0 radical (unpaired) electrons. The lowest BCUT2D eigenvalue weighted by molar-refractivity contribution is 0.192. The van der Waals surface area contributed by atoms with Crippen LogP contribution < -0.4 is 4.90 Å². The number of unbranched alkanes of at least 4 members (excludes halogenated alkanes) is 5. The summed E-state index contributed by atoms with van der Waals surface area (Å²) >= 11 is 0. The van der Waals surface area contributed by atoms with Crippen molar-refractivity contribution in [2.45, 2.75) is 51.6 Å². The van der Waals surface area contributed by atoms with E-state index in [2.05, 4.69) is 63.7 Å². The molecular formula is C26H33N4O2P. The Morgan fingerprint density at radius 1 is 0.909 bits per heavy atom. The zero-order valence-electron chi connectivity index (χ0n) is 19.4. The van der Waals surface area contributed by atoms with Crippen molar-refractivity contribution in [3.63, 3.8) is 0 Å². The van der Waals surface area contributed by atoms with Gasteiger partial charge in [-0.3, -0.25) is 4.57 Å². The van der Waals surface area contributed by atoms with Gasteiger partial charge in [0.2, 0.25) is 0 Å². The molecule has 0 amide bonds. The molecule has 1 aliphatic heterocycles. The molecule has 3 aromatic rings. The molecule has 33 heavy (non-hydrogen) atoms. The van der Waals surface area contributed by atoms with Crippen molar-refractivity contribution in [3.05, 3.63) is 54.1 Å². The van der Waals surface area contributed by atoms with Gasteiger partial charge in [-0.15, -0.1) is 5.10 Å². The van der Waals surface area contributed by atoms with Gasteiger partial charge in [-0.2, -0.15) is 0 Å². The minimum absolute atomic E-state index is 0.127. The molecule has 0 N–H and O–H groups in total. The molecular weight excluding hydrogens is 431 g/mol. The number of rotatable bonds is 12. The summed E-state index contributed by atoms with van der Waals surface area (Å²) in [5.74, 6) is 0. The van der Waals surface area contributed by atoms with Gasteiger partial charge in [0.1, 0.15) is 5.69 Å². The Morgan fingerprint density at radius 3 is 2.45 bits per heavy atom.